The minimum Gasteiger partial charge on any atom is -0.311 e. The van der Waals surface area contributed by atoms with Crippen molar-refractivity contribution in [3.63, 3.8) is 0 Å². The van der Waals surface area contributed by atoms with Gasteiger partial charge in [-0.2, -0.15) is 0 Å². The summed E-state index contributed by atoms with van der Waals surface area (Å²) in [4.78, 5) is 7.07. The molecule has 11 aromatic rings. The van der Waals surface area contributed by atoms with Gasteiger partial charge in [0.2, 0.25) is 0 Å². The van der Waals surface area contributed by atoms with Gasteiger partial charge in [0.1, 0.15) is 0 Å². The van der Waals surface area contributed by atoms with Crippen molar-refractivity contribution in [1.29, 1.82) is 0 Å². The number of fused-ring (bicyclic) bond motifs is 4. The van der Waals surface area contributed by atoms with Crippen molar-refractivity contribution in [2.75, 3.05) is 14.7 Å². The monoisotopic (exact) mass is 949 g/mol. The van der Waals surface area contributed by atoms with Gasteiger partial charge in [-0.1, -0.05) is 178 Å². The smallest absolute Gasteiger partial charge is 0.0467 e. The summed E-state index contributed by atoms with van der Waals surface area (Å²) in [6.45, 7) is 4.71. The summed E-state index contributed by atoms with van der Waals surface area (Å²) in [5.41, 5.74) is 25.4. The number of benzene rings is 11. The Morgan fingerprint density at radius 3 is 1.05 bits per heavy atom. The summed E-state index contributed by atoms with van der Waals surface area (Å²) in [6, 6.07) is 99.7. The third-order valence-corrected chi connectivity index (χ3v) is 15.3. The summed E-state index contributed by atoms with van der Waals surface area (Å²) >= 11 is 0. The first-order chi connectivity index (χ1) is 36.4. The van der Waals surface area contributed by atoms with E-state index in [0.29, 0.717) is 0 Å². The third-order valence-electron chi connectivity index (χ3n) is 15.3. The van der Waals surface area contributed by atoms with Crippen LogP contribution in [0.15, 0.2) is 273 Å². The topological polar surface area (TPSA) is 9.72 Å². The standard InChI is InChI=1S/C71H55N3/c1-71(2)69-24-13-12-23-67(69)68-46-45-66(49-70(68)71)74(63-41-33-52(34-42-63)50-29-37-61(38-30-50)72(58-16-6-3-7-17-58)59-18-8-4-9-19-59)64-43-35-53(36-44-64)51-31-39-62(40-32-51)73(60-20-10-5-11-21-60)65-22-14-15-55(48-65)57-28-26-54-25-27-56(54)47-57/h3-24,26,28-49H,25,27H2,1-2H3. The van der Waals surface area contributed by atoms with Crippen molar-refractivity contribution in [3.05, 3.63) is 295 Å². The normalized spacial score (nSPS) is 12.7. The van der Waals surface area contributed by atoms with Crippen LogP contribution in [0.1, 0.15) is 36.1 Å². The van der Waals surface area contributed by atoms with Crippen LogP contribution in [0.4, 0.5) is 51.2 Å². The summed E-state index contributed by atoms with van der Waals surface area (Å²) in [5, 5.41) is 0. The van der Waals surface area contributed by atoms with Gasteiger partial charge in [-0.3, -0.25) is 0 Å². The highest BCUT2D eigenvalue weighted by Gasteiger charge is 2.36. The van der Waals surface area contributed by atoms with E-state index in [1.54, 1.807) is 0 Å². The van der Waals surface area contributed by atoms with E-state index in [1.807, 2.05) is 0 Å². The third kappa shape index (κ3) is 8.23. The van der Waals surface area contributed by atoms with Gasteiger partial charge in [-0.05, 0) is 189 Å². The highest BCUT2D eigenvalue weighted by Crippen LogP contribution is 2.51. The lowest BCUT2D eigenvalue weighted by molar-refractivity contribution is 0.660. The molecule has 0 unspecified atom stereocenters. The van der Waals surface area contributed by atoms with E-state index >= 15 is 0 Å². The highest BCUT2D eigenvalue weighted by atomic mass is 15.2. The summed E-state index contributed by atoms with van der Waals surface area (Å²) in [5.74, 6) is 0. The lowest BCUT2D eigenvalue weighted by Crippen LogP contribution is -2.16. The maximum atomic E-state index is 2.42. The zero-order valence-corrected chi connectivity index (χ0v) is 41.7. The van der Waals surface area contributed by atoms with Crippen molar-refractivity contribution in [3.8, 4) is 44.5 Å². The molecule has 0 N–H and O–H groups in total. The van der Waals surface area contributed by atoms with Crippen LogP contribution < -0.4 is 14.7 Å². The van der Waals surface area contributed by atoms with Crippen molar-refractivity contribution in [1.82, 2.24) is 0 Å². The SMILES string of the molecule is CC1(C)c2ccccc2-c2ccc(N(c3ccc(-c4ccc(N(c5ccccc5)c5ccccc5)cc4)cc3)c3ccc(-c4ccc(N(c5ccccc5)c5cccc(-c6ccc7c(c6)CC7)c5)cc4)cc3)cc21. The first kappa shape index (κ1) is 44.7. The van der Waals surface area contributed by atoms with Gasteiger partial charge in [-0.15, -0.1) is 0 Å². The van der Waals surface area contributed by atoms with Gasteiger partial charge in [0.05, 0.1) is 0 Å². The molecule has 3 heteroatoms. The molecule has 74 heavy (non-hydrogen) atoms. The number of anilines is 9. The second-order valence-electron chi connectivity index (χ2n) is 20.1. The molecule has 0 spiro atoms. The van der Waals surface area contributed by atoms with Crippen LogP contribution in [0.25, 0.3) is 44.5 Å². The van der Waals surface area contributed by atoms with Crippen LogP contribution in [-0.4, -0.2) is 0 Å². The largest absolute Gasteiger partial charge is 0.311 e. The Balaban J connectivity index is 0.820. The fourth-order valence-corrected chi connectivity index (χ4v) is 11.3. The average molecular weight is 950 g/mol. The van der Waals surface area contributed by atoms with Crippen LogP contribution in [0.5, 0.6) is 0 Å². The molecular formula is C71H55N3. The zero-order valence-electron chi connectivity index (χ0n) is 41.7. The Morgan fingerprint density at radius 1 is 0.243 bits per heavy atom. The fraction of sp³-hybridized carbons (Fsp3) is 0.0704. The molecule has 0 atom stereocenters. The number of rotatable bonds is 12. The molecule has 0 heterocycles. The molecule has 0 saturated carbocycles. The van der Waals surface area contributed by atoms with Crippen LogP contribution in [0.2, 0.25) is 0 Å². The van der Waals surface area contributed by atoms with Gasteiger partial charge < -0.3 is 14.7 Å². The molecule has 2 aliphatic rings. The summed E-state index contributed by atoms with van der Waals surface area (Å²) < 4.78 is 0. The molecule has 0 saturated heterocycles. The first-order valence-electron chi connectivity index (χ1n) is 25.9. The molecule has 0 amide bonds. The average Bonchev–Trinajstić information content (AvgIpc) is 3.68. The van der Waals surface area contributed by atoms with Gasteiger partial charge in [-0.25, -0.2) is 0 Å². The Hall–Kier alpha value is -9.18. The first-order valence-corrected chi connectivity index (χ1v) is 25.9. The number of nitrogens with zero attached hydrogens (tertiary/aromatic N) is 3. The molecule has 0 fully saturated rings. The van der Waals surface area contributed by atoms with Crippen molar-refractivity contribution in [2.24, 2.45) is 0 Å². The molecule has 0 radical (unpaired) electrons. The van der Waals surface area contributed by atoms with Crippen molar-refractivity contribution >= 4 is 51.2 Å². The maximum absolute atomic E-state index is 2.42. The van der Waals surface area contributed by atoms with Gasteiger partial charge in [0, 0.05) is 56.6 Å². The Labute approximate surface area is 435 Å². The van der Waals surface area contributed by atoms with E-state index in [0.717, 1.165) is 62.3 Å². The van der Waals surface area contributed by atoms with E-state index in [1.165, 1.54) is 68.5 Å². The van der Waals surface area contributed by atoms with Gasteiger partial charge in [0.15, 0.2) is 0 Å². The van der Waals surface area contributed by atoms with Crippen LogP contribution in [0, 0.1) is 0 Å². The highest BCUT2D eigenvalue weighted by molar-refractivity contribution is 5.88. The predicted octanol–water partition coefficient (Wildman–Crippen LogP) is 19.5. The summed E-state index contributed by atoms with van der Waals surface area (Å²) in [6.07, 6.45) is 2.36. The number of hydrogen-bond donors (Lipinski definition) is 0. The van der Waals surface area contributed by atoms with Crippen LogP contribution >= 0.6 is 0 Å². The molecule has 0 aliphatic heterocycles. The molecule has 354 valence electrons. The number of para-hydroxylation sites is 3. The van der Waals surface area contributed by atoms with Gasteiger partial charge in [0.25, 0.3) is 0 Å². The fourth-order valence-electron chi connectivity index (χ4n) is 11.3. The van der Waals surface area contributed by atoms with Crippen molar-refractivity contribution in [2.45, 2.75) is 32.1 Å². The quantitative estimate of drug-likeness (QED) is 0.121. The number of aryl methyl sites for hydroxylation is 2. The molecule has 13 rings (SSSR count). The Kier molecular flexibility index (Phi) is 11.4. The Morgan fingerprint density at radius 2 is 0.595 bits per heavy atom. The molecule has 11 aromatic carbocycles. The Bertz CT molecular complexity index is 3730. The molecule has 3 nitrogen and oxygen atoms in total. The van der Waals surface area contributed by atoms with E-state index in [2.05, 4.69) is 302 Å². The van der Waals surface area contributed by atoms with Crippen LogP contribution in [-0.2, 0) is 18.3 Å². The van der Waals surface area contributed by atoms with E-state index in [-0.39, 0.29) is 5.41 Å². The number of hydrogen-bond acceptors (Lipinski definition) is 3. The predicted molar refractivity (Wildman–Crippen MR) is 312 cm³/mol. The lowest BCUT2D eigenvalue weighted by Gasteiger charge is -2.28. The van der Waals surface area contributed by atoms with E-state index in [9.17, 15) is 0 Å². The van der Waals surface area contributed by atoms with Crippen molar-refractivity contribution < 1.29 is 0 Å². The lowest BCUT2D eigenvalue weighted by atomic mass is 9.82. The van der Waals surface area contributed by atoms with E-state index in [4.69, 9.17) is 0 Å². The zero-order chi connectivity index (χ0) is 49.6. The van der Waals surface area contributed by atoms with E-state index < -0.39 is 0 Å². The van der Waals surface area contributed by atoms with Crippen LogP contribution in [0.3, 0.4) is 0 Å². The summed E-state index contributed by atoms with van der Waals surface area (Å²) in [7, 11) is 0. The second kappa shape index (κ2) is 18.8. The molecular weight excluding hydrogens is 895 g/mol. The van der Waals surface area contributed by atoms with Gasteiger partial charge >= 0.3 is 0 Å². The second-order valence-corrected chi connectivity index (χ2v) is 20.1. The molecule has 0 aromatic heterocycles. The minimum absolute atomic E-state index is 0.127. The molecule has 2 aliphatic carbocycles. The molecule has 0 bridgehead atoms. The maximum Gasteiger partial charge on any atom is 0.0467 e. The minimum atomic E-state index is -0.127.